The van der Waals surface area contributed by atoms with E-state index >= 15 is 0 Å². The number of carboxylic acids is 1. The van der Waals surface area contributed by atoms with Gasteiger partial charge >= 0.3 is 5.97 Å². The fourth-order valence-electron chi connectivity index (χ4n) is 2.01. The molecule has 1 heterocycles. The van der Waals surface area contributed by atoms with Crippen LogP contribution in [0.2, 0.25) is 0 Å². The number of nitrogens with one attached hydrogen (secondary N) is 3. The average molecular weight is 303 g/mol. The van der Waals surface area contributed by atoms with Gasteiger partial charge < -0.3 is 31.3 Å². The predicted octanol–water partition coefficient (Wildman–Crippen LogP) is -2.83. The summed E-state index contributed by atoms with van der Waals surface area (Å²) in [6.07, 6.45) is 0.271. The first-order chi connectivity index (χ1) is 9.86. The third kappa shape index (κ3) is 4.96. The van der Waals surface area contributed by atoms with Gasteiger partial charge in [0.1, 0.15) is 12.1 Å². The zero-order valence-corrected chi connectivity index (χ0v) is 11.7. The molecule has 120 valence electrons. The minimum atomic E-state index is -1.49. The highest BCUT2D eigenvalue weighted by molar-refractivity contribution is 5.92. The van der Waals surface area contributed by atoms with Gasteiger partial charge in [-0.3, -0.25) is 9.59 Å². The molecule has 0 spiro atoms. The molecule has 0 bridgehead atoms. The van der Waals surface area contributed by atoms with Crippen molar-refractivity contribution < 1.29 is 29.7 Å². The van der Waals surface area contributed by atoms with Gasteiger partial charge in [0.25, 0.3) is 0 Å². The molecule has 4 atom stereocenters. The number of rotatable bonds is 7. The van der Waals surface area contributed by atoms with E-state index in [1.165, 1.54) is 6.92 Å². The molecule has 9 nitrogen and oxygen atoms in total. The summed E-state index contributed by atoms with van der Waals surface area (Å²) in [6, 6.07) is -3.19. The Labute approximate surface area is 121 Å². The lowest BCUT2D eigenvalue weighted by molar-refractivity contribution is -0.144. The summed E-state index contributed by atoms with van der Waals surface area (Å²) in [7, 11) is 0. The SMILES string of the molecule is C[C@@H](O)[C@H](NC(=O)[C@@H]1CCCN1)C(=O)N[C@@H](CO)C(=O)O. The molecule has 1 aliphatic heterocycles. The monoisotopic (exact) mass is 303 g/mol. The smallest absolute Gasteiger partial charge is 0.328 e. The van der Waals surface area contributed by atoms with E-state index in [4.69, 9.17) is 10.2 Å². The molecule has 0 radical (unpaired) electrons. The van der Waals surface area contributed by atoms with Gasteiger partial charge in [0.15, 0.2) is 0 Å². The first kappa shape index (κ1) is 17.3. The molecule has 0 aromatic rings. The van der Waals surface area contributed by atoms with Gasteiger partial charge in [-0.25, -0.2) is 4.79 Å². The number of carbonyl (C=O) groups excluding carboxylic acids is 2. The van der Waals surface area contributed by atoms with Gasteiger partial charge in [-0.05, 0) is 26.3 Å². The molecule has 1 fully saturated rings. The molecular formula is C12H21N3O6. The Balaban J connectivity index is 2.65. The third-order valence-electron chi connectivity index (χ3n) is 3.24. The molecule has 0 aromatic carbocycles. The number of hydrogen-bond donors (Lipinski definition) is 6. The Morgan fingerprint density at radius 3 is 2.43 bits per heavy atom. The largest absolute Gasteiger partial charge is 0.480 e. The molecular weight excluding hydrogens is 282 g/mol. The van der Waals surface area contributed by atoms with E-state index < -0.39 is 48.6 Å². The Morgan fingerprint density at radius 2 is 2.00 bits per heavy atom. The quantitative estimate of drug-likeness (QED) is 0.297. The topological polar surface area (TPSA) is 148 Å². The van der Waals surface area contributed by atoms with Gasteiger partial charge in [-0.1, -0.05) is 0 Å². The molecule has 0 saturated carbocycles. The van der Waals surface area contributed by atoms with E-state index in [0.29, 0.717) is 13.0 Å². The maximum atomic E-state index is 11.9. The number of aliphatic hydroxyl groups excluding tert-OH is 2. The molecule has 0 aromatic heterocycles. The molecule has 0 unspecified atom stereocenters. The van der Waals surface area contributed by atoms with Gasteiger partial charge in [0, 0.05) is 0 Å². The van der Waals surface area contributed by atoms with Crippen LogP contribution in [0.25, 0.3) is 0 Å². The molecule has 1 aliphatic rings. The van der Waals surface area contributed by atoms with Crippen molar-refractivity contribution in [3.63, 3.8) is 0 Å². The number of carbonyl (C=O) groups is 3. The molecule has 6 N–H and O–H groups in total. The molecule has 1 saturated heterocycles. The minimum absolute atomic E-state index is 0.424. The van der Waals surface area contributed by atoms with Crippen LogP contribution in [0.15, 0.2) is 0 Å². The summed E-state index contributed by atoms with van der Waals surface area (Å²) in [6.45, 7) is 1.22. The average Bonchev–Trinajstić information content (AvgIpc) is 2.94. The zero-order chi connectivity index (χ0) is 16.0. The predicted molar refractivity (Wildman–Crippen MR) is 71.3 cm³/mol. The summed E-state index contributed by atoms with van der Waals surface area (Å²) in [5, 5.41) is 34.6. The van der Waals surface area contributed by atoms with Crippen molar-refractivity contribution in [3.05, 3.63) is 0 Å². The van der Waals surface area contributed by atoms with E-state index in [1.807, 2.05) is 0 Å². The third-order valence-corrected chi connectivity index (χ3v) is 3.24. The summed E-state index contributed by atoms with van der Waals surface area (Å²) in [5.74, 6) is -2.69. The first-order valence-electron chi connectivity index (χ1n) is 6.72. The van der Waals surface area contributed by atoms with Crippen LogP contribution in [-0.4, -0.2) is 70.5 Å². The summed E-state index contributed by atoms with van der Waals surface area (Å²) in [5.41, 5.74) is 0. The lowest BCUT2D eigenvalue weighted by Gasteiger charge is -2.24. The van der Waals surface area contributed by atoms with Crippen molar-refractivity contribution in [1.29, 1.82) is 0 Å². The number of hydrogen-bond acceptors (Lipinski definition) is 6. The number of amides is 2. The van der Waals surface area contributed by atoms with Crippen LogP contribution in [0.5, 0.6) is 0 Å². The van der Waals surface area contributed by atoms with Crippen molar-refractivity contribution in [2.45, 2.75) is 44.0 Å². The normalized spacial score (nSPS) is 22.1. The summed E-state index contributed by atoms with van der Waals surface area (Å²) < 4.78 is 0. The Hall–Kier alpha value is -1.71. The molecule has 21 heavy (non-hydrogen) atoms. The molecule has 9 heteroatoms. The Bertz CT molecular complexity index is 394. The maximum absolute atomic E-state index is 11.9. The van der Waals surface area contributed by atoms with Gasteiger partial charge in [-0.15, -0.1) is 0 Å². The fraction of sp³-hybridized carbons (Fsp3) is 0.750. The van der Waals surface area contributed by atoms with Crippen LogP contribution in [0.1, 0.15) is 19.8 Å². The Kier molecular flexibility index (Phi) is 6.53. The van der Waals surface area contributed by atoms with Crippen molar-refractivity contribution in [2.24, 2.45) is 0 Å². The number of carboxylic acid groups (broad SMARTS) is 1. The number of aliphatic carboxylic acids is 1. The van der Waals surface area contributed by atoms with Crippen molar-refractivity contribution in [2.75, 3.05) is 13.2 Å². The molecule has 2 amide bonds. The van der Waals surface area contributed by atoms with Crippen LogP contribution < -0.4 is 16.0 Å². The highest BCUT2D eigenvalue weighted by atomic mass is 16.4. The van der Waals surface area contributed by atoms with E-state index in [1.54, 1.807) is 0 Å². The van der Waals surface area contributed by atoms with E-state index in [9.17, 15) is 19.5 Å². The molecule has 0 aliphatic carbocycles. The van der Waals surface area contributed by atoms with Crippen molar-refractivity contribution in [3.8, 4) is 0 Å². The van der Waals surface area contributed by atoms with Gasteiger partial charge in [0.05, 0.1) is 18.8 Å². The lowest BCUT2D eigenvalue weighted by Crippen LogP contribution is -2.58. The highest BCUT2D eigenvalue weighted by Gasteiger charge is 2.32. The van der Waals surface area contributed by atoms with E-state index in [0.717, 1.165) is 6.42 Å². The van der Waals surface area contributed by atoms with Crippen LogP contribution >= 0.6 is 0 Å². The van der Waals surface area contributed by atoms with Gasteiger partial charge in [-0.2, -0.15) is 0 Å². The zero-order valence-electron chi connectivity index (χ0n) is 11.7. The summed E-state index contributed by atoms with van der Waals surface area (Å²) >= 11 is 0. The standard InChI is InChI=1S/C12H21N3O6/c1-6(17)9(11(19)14-8(5-16)12(20)21)15-10(18)7-3-2-4-13-7/h6-9,13,16-17H,2-5H2,1H3,(H,14,19)(H,15,18)(H,20,21)/t6-,7+,8+,9+/m1/s1. The highest BCUT2D eigenvalue weighted by Crippen LogP contribution is 2.06. The Morgan fingerprint density at radius 1 is 1.33 bits per heavy atom. The van der Waals surface area contributed by atoms with E-state index in [-0.39, 0.29) is 0 Å². The number of aliphatic hydroxyl groups is 2. The van der Waals surface area contributed by atoms with Crippen LogP contribution in [-0.2, 0) is 14.4 Å². The molecule has 1 rings (SSSR count). The summed E-state index contributed by atoms with van der Waals surface area (Å²) in [4.78, 5) is 34.6. The van der Waals surface area contributed by atoms with Gasteiger partial charge in [0.2, 0.25) is 11.8 Å². The van der Waals surface area contributed by atoms with E-state index in [2.05, 4.69) is 16.0 Å². The fourth-order valence-corrected chi connectivity index (χ4v) is 2.01. The second-order valence-corrected chi connectivity index (χ2v) is 4.96. The second-order valence-electron chi connectivity index (χ2n) is 4.96. The van der Waals surface area contributed by atoms with Crippen LogP contribution in [0.3, 0.4) is 0 Å². The maximum Gasteiger partial charge on any atom is 0.328 e. The lowest BCUT2D eigenvalue weighted by atomic mass is 10.1. The van der Waals surface area contributed by atoms with Crippen molar-refractivity contribution in [1.82, 2.24) is 16.0 Å². The van der Waals surface area contributed by atoms with Crippen LogP contribution in [0, 0.1) is 0 Å². The first-order valence-corrected chi connectivity index (χ1v) is 6.72. The van der Waals surface area contributed by atoms with Crippen molar-refractivity contribution >= 4 is 17.8 Å². The van der Waals surface area contributed by atoms with Crippen LogP contribution in [0.4, 0.5) is 0 Å². The second kappa shape index (κ2) is 7.91. The minimum Gasteiger partial charge on any atom is -0.480 e.